The summed E-state index contributed by atoms with van der Waals surface area (Å²) >= 11 is 0. The average Bonchev–Trinajstić information content (AvgIpc) is 2.61. The maximum absolute atomic E-state index is 8.92. The van der Waals surface area contributed by atoms with Crippen molar-refractivity contribution >= 4 is 0 Å². The summed E-state index contributed by atoms with van der Waals surface area (Å²) in [7, 11) is 0. The lowest BCUT2D eigenvalue weighted by Gasteiger charge is -2.09. The number of rotatable bonds is 5. The maximum Gasteiger partial charge on any atom is 0.138 e. The molecule has 0 saturated carbocycles. The fraction of sp³-hybridized carbons (Fsp3) is 0.700. The van der Waals surface area contributed by atoms with Gasteiger partial charge < -0.3 is 5.11 Å². The number of hydrogen-bond donors (Lipinski definition) is 1. The van der Waals surface area contributed by atoms with E-state index in [0.29, 0.717) is 12.3 Å². The largest absolute Gasteiger partial charge is 0.395 e. The van der Waals surface area contributed by atoms with Crippen LogP contribution in [-0.4, -0.2) is 26.5 Å². The first-order valence-electron chi connectivity index (χ1n) is 5.04. The van der Waals surface area contributed by atoms with Gasteiger partial charge in [0.2, 0.25) is 0 Å². The van der Waals surface area contributed by atoms with Crippen molar-refractivity contribution in [1.82, 2.24) is 14.8 Å². The molecule has 1 rings (SSSR count). The van der Waals surface area contributed by atoms with Crippen LogP contribution < -0.4 is 0 Å². The molecule has 0 amide bonds. The predicted octanol–water partition coefficient (Wildman–Crippen LogP) is 0.609. The van der Waals surface area contributed by atoms with E-state index in [1.165, 1.54) is 6.33 Å². The van der Waals surface area contributed by atoms with Crippen LogP contribution in [0.3, 0.4) is 0 Å². The van der Waals surface area contributed by atoms with Crippen LogP contribution in [0.15, 0.2) is 6.33 Å². The normalized spacial score (nSPS) is 12.7. The van der Waals surface area contributed by atoms with E-state index in [9.17, 15) is 0 Å². The Kier molecular flexibility index (Phi) is 4.25. The molecule has 0 aliphatic heterocycles. The summed E-state index contributed by atoms with van der Waals surface area (Å²) in [5.41, 5.74) is 0. The van der Waals surface area contributed by atoms with E-state index in [1.54, 1.807) is 4.68 Å². The van der Waals surface area contributed by atoms with Gasteiger partial charge in [0.25, 0.3) is 0 Å². The van der Waals surface area contributed by atoms with Crippen LogP contribution in [0, 0.1) is 23.2 Å². The van der Waals surface area contributed by atoms with E-state index in [4.69, 9.17) is 10.4 Å². The van der Waals surface area contributed by atoms with Gasteiger partial charge in [0.05, 0.1) is 18.6 Å². The standard InChI is InChI=1S/C10H16N4O/c1-8(2)5-14-10(12-7-13-14)3-9(4-11)6-15/h7-9,15H,3,5-6H2,1-2H3. The quantitative estimate of drug-likeness (QED) is 0.769. The molecule has 0 saturated heterocycles. The van der Waals surface area contributed by atoms with Gasteiger partial charge in [0.1, 0.15) is 12.2 Å². The molecular formula is C10H16N4O. The van der Waals surface area contributed by atoms with Gasteiger partial charge >= 0.3 is 0 Å². The molecule has 0 aliphatic rings. The van der Waals surface area contributed by atoms with Crippen LogP contribution in [0.25, 0.3) is 0 Å². The number of aliphatic hydroxyl groups excluding tert-OH is 1. The van der Waals surface area contributed by atoms with Crippen molar-refractivity contribution in [3.63, 3.8) is 0 Å². The average molecular weight is 208 g/mol. The summed E-state index contributed by atoms with van der Waals surface area (Å²) < 4.78 is 1.80. The van der Waals surface area contributed by atoms with Crippen molar-refractivity contribution < 1.29 is 5.11 Å². The van der Waals surface area contributed by atoms with E-state index in [2.05, 4.69) is 23.9 Å². The van der Waals surface area contributed by atoms with Crippen molar-refractivity contribution in [3.05, 3.63) is 12.2 Å². The lowest BCUT2D eigenvalue weighted by Crippen LogP contribution is -2.15. The Labute approximate surface area is 89.4 Å². The van der Waals surface area contributed by atoms with Crippen LogP contribution in [-0.2, 0) is 13.0 Å². The van der Waals surface area contributed by atoms with E-state index in [-0.39, 0.29) is 12.5 Å². The third-order valence-corrected chi connectivity index (χ3v) is 2.07. The number of aliphatic hydroxyl groups is 1. The Balaban J connectivity index is 2.69. The van der Waals surface area contributed by atoms with Gasteiger partial charge in [0.15, 0.2) is 0 Å². The minimum absolute atomic E-state index is 0.134. The van der Waals surface area contributed by atoms with E-state index >= 15 is 0 Å². The lowest BCUT2D eigenvalue weighted by atomic mass is 10.1. The van der Waals surface area contributed by atoms with E-state index in [1.807, 2.05) is 6.07 Å². The minimum atomic E-state index is -0.389. The minimum Gasteiger partial charge on any atom is -0.395 e. The summed E-state index contributed by atoms with van der Waals surface area (Å²) in [5, 5.41) is 21.7. The van der Waals surface area contributed by atoms with Crippen LogP contribution in [0.4, 0.5) is 0 Å². The number of nitriles is 1. The first-order chi connectivity index (χ1) is 7.17. The predicted molar refractivity (Wildman–Crippen MR) is 54.8 cm³/mol. The lowest BCUT2D eigenvalue weighted by molar-refractivity contribution is 0.252. The second kappa shape index (κ2) is 5.47. The van der Waals surface area contributed by atoms with Gasteiger partial charge in [-0.05, 0) is 5.92 Å². The molecule has 1 heterocycles. The maximum atomic E-state index is 8.92. The van der Waals surface area contributed by atoms with E-state index < -0.39 is 0 Å². The first-order valence-corrected chi connectivity index (χ1v) is 5.04. The SMILES string of the molecule is CC(C)Cn1ncnc1CC(C#N)CO. The molecule has 1 aromatic rings. The topological polar surface area (TPSA) is 74.7 Å². The third kappa shape index (κ3) is 3.33. The van der Waals surface area contributed by atoms with Crippen LogP contribution in [0.1, 0.15) is 19.7 Å². The Morgan fingerprint density at radius 2 is 2.33 bits per heavy atom. The second-order valence-electron chi connectivity index (χ2n) is 3.96. The molecule has 1 unspecified atom stereocenters. The summed E-state index contributed by atoms with van der Waals surface area (Å²) in [6, 6.07) is 2.04. The first kappa shape index (κ1) is 11.7. The van der Waals surface area contributed by atoms with Crippen LogP contribution in [0.2, 0.25) is 0 Å². The Morgan fingerprint density at radius 3 is 2.87 bits per heavy atom. The fourth-order valence-corrected chi connectivity index (χ4v) is 1.32. The van der Waals surface area contributed by atoms with Crippen molar-refractivity contribution in [3.8, 4) is 6.07 Å². The molecule has 5 nitrogen and oxygen atoms in total. The number of nitrogens with zero attached hydrogens (tertiary/aromatic N) is 4. The van der Waals surface area contributed by atoms with Gasteiger partial charge in [-0.15, -0.1) is 0 Å². The third-order valence-electron chi connectivity index (χ3n) is 2.07. The van der Waals surface area contributed by atoms with Gasteiger partial charge in [0, 0.05) is 13.0 Å². The summed E-state index contributed by atoms with van der Waals surface area (Å²) in [4.78, 5) is 4.09. The molecule has 0 radical (unpaired) electrons. The highest BCUT2D eigenvalue weighted by atomic mass is 16.3. The van der Waals surface area contributed by atoms with Crippen LogP contribution in [0.5, 0.6) is 0 Å². The summed E-state index contributed by atoms with van der Waals surface area (Å²) in [6.07, 6.45) is 1.95. The van der Waals surface area contributed by atoms with Crippen molar-refractivity contribution in [1.29, 1.82) is 5.26 Å². The molecule has 1 atom stereocenters. The zero-order chi connectivity index (χ0) is 11.3. The van der Waals surface area contributed by atoms with Crippen molar-refractivity contribution in [2.75, 3.05) is 6.61 Å². The molecule has 82 valence electrons. The second-order valence-corrected chi connectivity index (χ2v) is 3.96. The number of hydrogen-bond acceptors (Lipinski definition) is 4. The molecule has 15 heavy (non-hydrogen) atoms. The number of aromatic nitrogens is 3. The molecule has 0 aromatic carbocycles. The molecule has 1 aromatic heterocycles. The van der Waals surface area contributed by atoms with Gasteiger partial charge in [-0.3, -0.25) is 0 Å². The van der Waals surface area contributed by atoms with Crippen molar-refractivity contribution in [2.45, 2.75) is 26.8 Å². The molecule has 1 N–H and O–H groups in total. The molecular weight excluding hydrogens is 192 g/mol. The van der Waals surface area contributed by atoms with Crippen molar-refractivity contribution in [2.24, 2.45) is 11.8 Å². The smallest absolute Gasteiger partial charge is 0.138 e. The van der Waals surface area contributed by atoms with Gasteiger partial charge in [-0.25, -0.2) is 9.67 Å². The Bertz CT molecular complexity index is 339. The van der Waals surface area contributed by atoms with Gasteiger partial charge in [-0.2, -0.15) is 10.4 Å². The van der Waals surface area contributed by atoms with E-state index in [0.717, 1.165) is 12.4 Å². The Hall–Kier alpha value is -1.41. The molecule has 0 fully saturated rings. The molecule has 0 spiro atoms. The summed E-state index contributed by atoms with van der Waals surface area (Å²) in [6.45, 7) is 4.85. The van der Waals surface area contributed by atoms with Crippen LogP contribution >= 0.6 is 0 Å². The highest BCUT2D eigenvalue weighted by molar-refractivity contribution is 4.94. The summed E-state index contributed by atoms with van der Waals surface area (Å²) in [5.74, 6) is 0.865. The fourth-order valence-electron chi connectivity index (χ4n) is 1.32. The molecule has 0 aliphatic carbocycles. The monoisotopic (exact) mass is 208 g/mol. The van der Waals surface area contributed by atoms with Gasteiger partial charge in [-0.1, -0.05) is 13.8 Å². The zero-order valence-electron chi connectivity index (χ0n) is 9.09. The zero-order valence-corrected chi connectivity index (χ0v) is 9.09. The Morgan fingerprint density at radius 1 is 1.60 bits per heavy atom. The molecule has 5 heteroatoms. The highest BCUT2D eigenvalue weighted by Crippen LogP contribution is 2.07. The molecule has 0 bridgehead atoms. The highest BCUT2D eigenvalue weighted by Gasteiger charge is 2.12.